The molecule has 1 rings (SSSR count). The Morgan fingerprint density at radius 3 is 2.50 bits per heavy atom. The van der Waals surface area contributed by atoms with Crippen LogP contribution in [0.1, 0.15) is 19.4 Å². The molecule has 100 valence electrons. The molecule has 0 radical (unpaired) electrons. The zero-order valence-corrected chi connectivity index (χ0v) is 10.4. The molecule has 2 N–H and O–H groups in total. The molecule has 0 fully saturated rings. The van der Waals surface area contributed by atoms with Gasteiger partial charge in [-0.15, -0.1) is 0 Å². The maximum atomic E-state index is 13.6. The first-order valence-corrected chi connectivity index (χ1v) is 5.28. The molecule has 0 heterocycles. The van der Waals surface area contributed by atoms with Crippen molar-refractivity contribution in [2.45, 2.75) is 25.9 Å². The zero-order valence-electron chi connectivity index (χ0n) is 10.4. The maximum Gasteiger partial charge on any atom is 0.323 e. The maximum absolute atomic E-state index is 13.6. The van der Waals surface area contributed by atoms with E-state index in [1.807, 2.05) is 0 Å². The van der Waals surface area contributed by atoms with E-state index < -0.39 is 23.1 Å². The Kier molecular flexibility index (Phi) is 4.24. The number of nitrogens with one attached hydrogen (secondary N) is 1. The summed E-state index contributed by atoms with van der Waals surface area (Å²) in [7, 11) is 1.24. The van der Waals surface area contributed by atoms with E-state index in [1.54, 1.807) is 0 Å². The van der Waals surface area contributed by atoms with E-state index in [2.05, 4.69) is 10.1 Å². The Balaban J connectivity index is 2.86. The highest BCUT2D eigenvalue weighted by Crippen LogP contribution is 2.21. The van der Waals surface area contributed by atoms with Gasteiger partial charge in [-0.2, -0.15) is 0 Å². The fourth-order valence-electron chi connectivity index (χ4n) is 1.25. The van der Waals surface area contributed by atoms with Crippen LogP contribution < -0.4 is 10.1 Å². The number of methoxy groups -OCH3 is 1. The molecule has 0 saturated heterocycles. The highest BCUT2D eigenvalue weighted by molar-refractivity contribution is 5.77. The molecule has 1 aromatic carbocycles. The number of carboxylic acids is 1. The Hall–Kier alpha value is -1.69. The summed E-state index contributed by atoms with van der Waals surface area (Å²) in [4.78, 5) is 10.8. The van der Waals surface area contributed by atoms with Crippen LogP contribution in [0.15, 0.2) is 12.1 Å². The number of carbonyl (C=O) groups is 1. The van der Waals surface area contributed by atoms with E-state index in [4.69, 9.17) is 5.11 Å². The molecule has 0 spiro atoms. The molecule has 0 saturated carbocycles. The number of aliphatic carboxylic acids is 1. The molecule has 0 aliphatic carbocycles. The van der Waals surface area contributed by atoms with Crippen LogP contribution in [0.5, 0.6) is 5.75 Å². The van der Waals surface area contributed by atoms with Gasteiger partial charge in [-0.3, -0.25) is 10.1 Å². The van der Waals surface area contributed by atoms with Crippen molar-refractivity contribution in [1.82, 2.24) is 5.32 Å². The molecule has 0 amide bonds. The zero-order chi connectivity index (χ0) is 13.9. The van der Waals surface area contributed by atoms with Crippen LogP contribution in [0.2, 0.25) is 0 Å². The molecule has 0 aliphatic heterocycles. The summed E-state index contributed by atoms with van der Waals surface area (Å²) in [6.07, 6.45) is 0. The predicted octanol–water partition coefficient (Wildman–Crippen LogP) is 1.93. The highest BCUT2D eigenvalue weighted by atomic mass is 19.1. The number of ether oxygens (including phenoxy) is 1. The van der Waals surface area contributed by atoms with Crippen LogP contribution in [0.25, 0.3) is 0 Å². The number of benzene rings is 1. The number of carboxylic acid groups (broad SMARTS) is 1. The minimum atomic E-state index is -1.22. The first-order valence-electron chi connectivity index (χ1n) is 5.28. The fourth-order valence-corrected chi connectivity index (χ4v) is 1.25. The van der Waals surface area contributed by atoms with Gasteiger partial charge in [-0.05, 0) is 19.9 Å². The van der Waals surface area contributed by atoms with E-state index in [0.29, 0.717) is 0 Å². The largest absolute Gasteiger partial charge is 0.494 e. The second-order valence-electron chi connectivity index (χ2n) is 4.36. The lowest BCUT2D eigenvalue weighted by molar-refractivity contribution is -0.143. The molecule has 0 aromatic heterocycles. The minimum Gasteiger partial charge on any atom is -0.494 e. The lowest BCUT2D eigenvalue weighted by Gasteiger charge is -2.21. The summed E-state index contributed by atoms with van der Waals surface area (Å²) in [5.41, 5.74) is -1.18. The molecular weight excluding hydrogens is 244 g/mol. The van der Waals surface area contributed by atoms with Crippen LogP contribution in [0.3, 0.4) is 0 Å². The number of hydrogen-bond donors (Lipinski definition) is 2. The van der Waals surface area contributed by atoms with Gasteiger partial charge in [0.15, 0.2) is 11.6 Å². The molecule has 1 aromatic rings. The summed E-state index contributed by atoms with van der Waals surface area (Å²) < 4.78 is 31.6. The lowest BCUT2D eigenvalue weighted by Crippen LogP contribution is -2.46. The van der Waals surface area contributed by atoms with Crippen molar-refractivity contribution < 1.29 is 23.4 Å². The normalized spacial score (nSPS) is 11.4. The topological polar surface area (TPSA) is 58.6 Å². The quantitative estimate of drug-likeness (QED) is 0.848. The van der Waals surface area contributed by atoms with Crippen molar-refractivity contribution in [3.8, 4) is 5.75 Å². The first kappa shape index (κ1) is 14.4. The third-order valence-electron chi connectivity index (χ3n) is 2.58. The minimum absolute atomic E-state index is 0.0441. The number of halogens is 2. The van der Waals surface area contributed by atoms with Gasteiger partial charge in [-0.25, -0.2) is 8.78 Å². The third kappa shape index (κ3) is 3.16. The first-order chi connectivity index (χ1) is 8.27. The summed E-state index contributed by atoms with van der Waals surface area (Å²) in [5.74, 6) is -2.60. The Morgan fingerprint density at radius 2 is 2.00 bits per heavy atom. The average Bonchev–Trinajstić information content (AvgIpc) is 2.29. The Labute approximate surface area is 104 Å². The number of rotatable bonds is 5. The molecule has 0 aliphatic rings. The Bertz CT molecular complexity index is 461. The van der Waals surface area contributed by atoms with Gasteiger partial charge in [0.25, 0.3) is 0 Å². The van der Waals surface area contributed by atoms with Crippen molar-refractivity contribution in [1.29, 1.82) is 0 Å². The van der Waals surface area contributed by atoms with Crippen LogP contribution in [-0.4, -0.2) is 23.7 Å². The predicted molar refractivity (Wildman–Crippen MR) is 61.5 cm³/mol. The van der Waals surface area contributed by atoms with E-state index in [1.165, 1.54) is 21.0 Å². The standard InChI is InChI=1S/C12H15F2NO3/c1-12(2,11(16)17)15-6-7-4-9(14)10(18-3)5-8(7)13/h4-5,15H,6H2,1-3H3,(H,16,17). The van der Waals surface area contributed by atoms with Crippen LogP contribution in [0.4, 0.5) is 8.78 Å². The molecule has 0 bridgehead atoms. The molecule has 4 nitrogen and oxygen atoms in total. The van der Waals surface area contributed by atoms with E-state index >= 15 is 0 Å². The summed E-state index contributed by atoms with van der Waals surface area (Å²) >= 11 is 0. The molecule has 0 unspecified atom stereocenters. The average molecular weight is 259 g/mol. The lowest BCUT2D eigenvalue weighted by atomic mass is 10.1. The molecule has 18 heavy (non-hydrogen) atoms. The summed E-state index contributed by atoms with van der Waals surface area (Å²) in [6.45, 7) is 2.78. The van der Waals surface area contributed by atoms with Crippen LogP contribution >= 0.6 is 0 Å². The van der Waals surface area contributed by atoms with Gasteiger partial charge >= 0.3 is 5.97 Å². The summed E-state index contributed by atoms with van der Waals surface area (Å²) in [5, 5.41) is 11.5. The van der Waals surface area contributed by atoms with E-state index in [9.17, 15) is 13.6 Å². The van der Waals surface area contributed by atoms with Gasteiger partial charge in [0.2, 0.25) is 0 Å². The summed E-state index contributed by atoms with van der Waals surface area (Å²) in [6, 6.07) is 1.92. The molecular formula is C12H15F2NO3. The van der Waals surface area contributed by atoms with Crippen LogP contribution in [-0.2, 0) is 11.3 Å². The van der Waals surface area contributed by atoms with Crippen molar-refractivity contribution in [3.63, 3.8) is 0 Å². The second kappa shape index (κ2) is 5.30. The van der Waals surface area contributed by atoms with Gasteiger partial charge in [-0.1, -0.05) is 0 Å². The van der Waals surface area contributed by atoms with Crippen molar-refractivity contribution >= 4 is 5.97 Å². The van der Waals surface area contributed by atoms with Gasteiger partial charge in [0.05, 0.1) is 7.11 Å². The van der Waals surface area contributed by atoms with Crippen LogP contribution in [0, 0.1) is 11.6 Å². The monoisotopic (exact) mass is 259 g/mol. The van der Waals surface area contributed by atoms with Crippen molar-refractivity contribution in [3.05, 3.63) is 29.3 Å². The number of hydrogen-bond acceptors (Lipinski definition) is 3. The second-order valence-corrected chi connectivity index (χ2v) is 4.36. The third-order valence-corrected chi connectivity index (χ3v) is 2.58. The smallest absolute Gasteiger partial charge is 0.323 e. The fraction of sp³-hybridized carbons (Fsp3) is 0.417. The van der Waals surface area contributed by atoms with Gasteiger partial charge < -0.3 is 9.84 Å². The molecule has 6 heteroatoms. The van der Waals surface area contributed by atoms with Crippen molar-refractivity contribution in [2.24, 2.45) is 0 Å². The van der Waals surface area contributed by atoms with Crippen molar-refractivity contribution in [2.75, 3.05) is 7.11 Å². The van der Waals surface area contributed by atoms with E-state index in [0.717, 1.165) is 12.1 Å². The van der Waals surface area contributed by atoms with Gasteiger partial charge in [0, 0.05) is 18.2 Å². The Morgan fingerprint density at radius 1 is 1.39 bits per heavy atom. The van der Waals surface area contributed by atoms with E-state index in [-0.39, 0.29) is 17.9 Å². The molecule has 0 atom stereocenters. The highest BCUT2D eigenvalue weighted by Gasteiger charge is 2.26. The van der Waals surface area contributed by atoms with Gasteiger partial charge in [0.1, 0.15) is 11.4 Å². The SMILES string of the molecule is COc1cc(F)c(CNC(C)(C)C(=O)O)cc1F.